The minimum absolute atomic E-state index is 0.550. The molecule has 5 heteroatoms. The number of rotatable bonds is 4. The van der Waals surface area contributed by atoms with Crippen LogP contribution >= 0.6 is 0 Å². The van der Waals surface area contributed by atoms with Gasteiger partial charge in [0.1, 0.15) is 17.5 Å². The molecule has 0 bridgehead atoms. The monoisotopic (exact) mass is 275 g/mol. The fourth-order valence-corrected chi connectivity index (χ4v) is 2.92. The number of hydrogen-bond donors (Lipinski definition) is 1. The highest BCUT2D eigenvalue weighted by molar-refractivity contribution is 5.47. The molecule has 3 rings (SSSR count). The first-order valence-electron chi connectivity index (χ1n) is 7.66. The van der Waals surface area contributed by atoms with E-state index < -0.39 is 0 Å². The molecule has 0 atom stereocenters. The van der Waals surface area contributed by atoms with Gasteiger partial charge >= 0.3 is 0 Å². The molecule has 2 N–H and O–H groups in total. The van der Waals surface area contributed by atoms with Crippen LogP contribution in [0.25, 0.3) is 0 Å². The van der Waals surface area contributed by atoms with E-state index in [4.69, 9.17) is 10.7 Å². The van der Waals surface area contributed by atoms with Crippen LogP contribution in [0.1, 0.15) is 37.4 Å². The molecule has 0 radical (unpaired) electrons. The van der Waals surface area contributed by atoms with Crippen LogP contribution in [0.4, 0.5) is 11.6 Å². The molecule has 1 saturated heterocycles. The number of nitrogens with two attached hydrogens (primary N) is 1. The van der Waals surface area contributed by atoms with Gasteiger partial charge in [-0.15, -0.1) is 0 Å². The van der Waals surface area contributed by atoms with Gasteiger partial charge in [-0.05, 0) is 51.7 Å². The number of anilines is 2. The normalized spacial score (nSPS) is 21.1. The SMILES string of the molecule is CN1CCC(CN(C)c2cc(N)nc(C3CC3)n2)CC1. The largest absolute Gasteiger partial charge is 0.384 e. The lowest BCUT2D eigenvalue weighted by Crippen LogP contribution is -2.36. The second-order valence-corrected chi connectivity index (χ2v) is 6.41. The van der Waals surface area contributed by atoms with Crippen LogP contribution in [0.2, 0.25) is 0 Å². The summed E-state index contributed by atoms with van der Waals surface area (Å²) >= 11 is 0. The average Bonchev–Trinajstić information content (AvgIpc) is 3.25. The first kappa shape index (κ1) is 13.6. The topological polar surface area (TPSA) is 58.3 Å². The number of likely N-dealkylation sites (tertiary alicyclic amines) is 1. The van der Waals surface area contributed by atoms with Crippen molar-refractivity contribution in [1.29, 1.82) is 0 Å². The zero-order valence-electron chi connectivity index (χ0n) is 12.5. The fraction of sp³-hybridized carbons (Fsp3) is 0.733. The fourth-order valence-electron chi connectivity index (χ4n) is 2.92. The van der Waals surface area contributed by atoms with E-state index in [1.54, 1.807) is 0 Å². The van der Waals surface area contributed by atoms with Gasteiger partial charge in [-0.3, -0.25) is 0 Å². The van der Waals surface area contributed by atoms with Gasteiger partial charge in [-0.25, -0.2) is 9.97 Å². The Labute approximate surface area is 121 Å². The zero-order valence-corrected chi connectivity index (χ0v) is 12.5. The lowest BCUT2D eigenvalue weighted by Gasteiger charge is -2.32. The maximum absolute atomic E-state index is 5.93. The van der Waals surface area contributed by atoms with Crippen molar-refractivity contribution < 1.29 is 0 Å². The highest BCUT2D eigenvalue weighted by Crippen LogP contribution is 2.38. The number of aromatic nitrogens is 2. The third kappa shape index (κ3) is 3.20. The second-order valence-electron chi connectivity index (χ2n) is 6.41. The Hall–Kier alpha value is -1.36. The summed E-state index contributed by atoms with van der Waals surface area (Å²) in [5, 5.41) is 0. The number of hydrogen-bond acceptors (Lipinski definition) is 5. The van der Waals surface area contributed by atoms with Gasteiger partial charge in [0.2, 0.25) is 0 Å². The minimum atomic E-state index is 0.550. The molecule has 0 aromatic carbocycles. The molecule has 5 nitrogen and oxygen atoms in total. The summed E-state index contributed by atoms with van der Waals surface area (Å²) in [5.74, 6) is 3.84. The molecule has 110 valence electrons. The molecule has 2 heterocycles. The first-order valence-corrected chi connectivity index (χ1v) is 7.66. The molecular formula is C15H25N5. The van der Waals surface area contributed by atoms with Crippen LogP contribution in [0.5, 0.6) is 0 Å². The second kappa shape index (κ2) is 5.56. The van der Waals surface area contributed by atoms with Crippen molar-refractivity contribution in [2.24, 2.45) is 5.92 Å². The van der Waals surface area contributed by atoms with Crippen molar-refractivity contribution in [2.45, 2.75) is 31.6 Å². The summed E-state index contributed by atoms with van der Waals surface area (Å²) in [6.07, 6.45) is 4.97. The summed E-state index contributed by atoms with van der Waals surface area (Å²) in [6.45, 7) is 3.48. The summed E-state index contributed by atoms with van der Waals surface area (Å²) in [7, 11) is 4.32. The molecular weight excluding hydrogens is 250 g/mol. The third-order valence-corrected chi connectivity index (χ3v) is 4.45. The zero-order chi connectivity index (χ0) is 14.1. The van der Waals surface area contributed by atoms with Gasteiger partial charge in [0.15, 0.2) is 0 Å². The van der Waals surface area contributed by atoms with Crippen LogP contribution in [-0.4, -0.2) is 48.6 Å². The number of nitrogen functional groups attached to an aromatic ring is 1. The van der Waals surface area contributed by atoms with Crippen molar-refractivity contribution in [2.75, 3.05) is 44.4 Å². The van der Waals surface area contributed by atoms with Crippen molar-refractivity contribution in [1.82, 2.24) is 14.9 Å². The molecule has 2 aliphatic rings. The Morgan fingerprint density at radius 1 is 1.25 bits per heavy atom. The number of nitrogens with zero attached hydrogens (tertiary/aromatic N) is 4. The van der Waals surface area contributed by atoms with Crippen molar-refractivity contribution in [3.8, 4) is 0 Å². The Morgan fingerprint density at radius 3 is 2.60 bits per heavy atom. The highest BCUT2D eigenvalue weighted by Gasteiger charge is 2.28. The van der Waals surface area contributed by atoms with E-state index in [1.165, 1.54) is 38.8 Å². The summed E-state index contributed by atoms with van der Waals surface area (Å²) < 4.78 is 0. The van der Waals surface area contributed by atoms with Crippen LogP contribution in [0, 0.1) is 5.92 Å². The molecule has 1 aliphatic heterocycles. The van der Waals surface area contributed by atoms with E-state index in [1.807, 2.05) is 6.07 Å². The summed E-state index contributed by atoms with van der Waals surface area (Å²) in [5.41, 5.74) is 5.93. The molecule has 1 saturated carbocycles. The van der Waals surface area contributed by atoms with Crippen molar-refractivity contribution >= 4 is 11.6 Å². The van der Waals surface area contributed by atoms with E-state index in [0.717, 1.165) is 24.1 Å². The summed E-state index contributed by atoms with van der Waals surface area (Å²) in [6, 6.07) is 1.90. The molecule has 20 heavy (non-hydrogen) atoms. The smallest absolute Gasteiger partial charge is 0.136 e. The molecule has 1 aromatic rings. The van der Waals surface area contributed by atoms with Crippen molar-refractivity contribution in [3.05, 3.63) is 11.9 Å². The lowest BCUT2D eigenvalue weighted by atomic mass is 9.97. The van der Waals surface area contributed by atoms with Crippen LogP contribution in [0.3, 0.4) is 0 Å². The maximum Gasteiger partial charge on any atom is 0.136 e. The van der Waals surface area contributed by atoms with Gasteiger partial charge in [-0.1, -0.05) is 0 Å². The molecule has 1 aliphatic carbocycles. The third-order valence-electron chi connectivity index (χ3n) is 4.45. The molecule has 2 fully saturated rings. The molecule has 0 amide bonds. The van der Waals surface area contributed by atoms with E-state index >= 15 is 0 Å². The van der Waals surface area contributed by atoms with Crippen LogP contribution in [0.15, 0.2) is 6.07 Å². The first-order chi connectivity index (χ1) is 9.61. The van der Waals surface area contributed by atoms with Crippen molar-refractivity contribution in [3.63, 3.8) is 0 Å². The average molecular weight is 275 g/mol. The predicted molar refractivity (Wildman–Crippen MR) is 81.9 cm³/mol. The molecule has 1 aromatic heterocycles. The van der Waals surface area contributed by atoms with E-state index in [9.17, 15) is 0 Å². The predicted octanol–water partition coefficient (Wildman–Crippen LogP) is 1.71. The van der Waals surface area contributed by atoms with Crippen LogP contribution in [-0.2, 0) is 0 Å². The van der Waals surface area contributed by atoms with Gasteiger partial charge in [0.05, 0.1) is 0 Å². The van der Waals surface area contributed by atoms with E-state index in [0.29, 0.717) is 11.7 Å². The quantitative estimate of drug-likeness (QED) is 0.906. The lowest BCUT2D eigenvalue weighted by molar-refractivity contribution is 0.222. The van der Waals surface area contributed by atoms with E-state index in [2.05, 4.69) is 28.9 Å². The minimum Gasteiger partial charge on any atom is -0.384 e. The number of piperidine rings is 1. The Balaban J connectivity index is 1.65. The van der Waals surface area contributed by atoms with Crippen LogP contribution < -0.4 is 10.6 Å². The molecule has 0 spiro atoms. The van der Waals surface area contributed by atoms with E-state index in [-0.39, 0.29) is 0 Å². The standard InChI is InChI=1S/C15H25N5/c1-19-7-5-11(6-8-19)10-20(2)14-9-13(16)17-15(18-14)12-3-4-12/h9,11-12H,3-8,10H2,1-2H3,(H2,16,17,18). The Morgan fingerprint density at radius 2 is 1.95 bits per heavy atom. The van der Waals surface area contributed by atoms with Gasteiger partial charge in [0.25, 0.3) is 0 Å². The van der Waals surface area contributed by atoms with Gasteiger partial charge in [-0.2, -0.15) is 0 Å². The van der Waals surface area contributed by atoms with Gasteiger partial charge in [0, 0.05) is 25.6 Å². The Kier molecular flexibility index (Phi) is 3.78. The van der Waals surface area contributed by atoms with Gasteiger partial charge < -0.3 is 15.5 Å². The maximum atomic E-state index is 5.93. The summed E-state index contributed by atoms with van der Waals surface area (Å²) in [4.78, 5) is 13.7. The highest BCUT2D eigenvalue weighted by atomic mass is 15.2. The Bertz CT molecular complexity index is 463. The molecule has 0 unspecified atom stereocenters.